The van der Waals surface area contributed by atoms with Crippen molar-refractivity contribution in [3.05, 3.63) is 34.9 Å². The Hall–Kier alpha value is -1.39. The Bertz CT molecular complexity index is 387. The van der Waals surface area contributed by atoms with Gasteiger partial charge in [-0.2, -0.15) is 0 Å². The molecule has 0 saturated heterocycles. The molecule has 5 heteroatoms. The van der Waals surface area contributed by atoms with Gasteiger partial charge in [0.2, 0.25) is 0 Å². The standard InChI is InChI=1S/C10H8F4O/c1-5(15)2-6-3-7(10(13)14)4-8(11)9(6)12/h3-4,10H,2H2,1H3. The zero-order valence-corrected chi connectivity index (χ0v) is 7.86. The van der Waals surface area contributed by atoms with Crippen LogP contribution in [0.25, 0.3) is 0 Å². The molecule has 15 heavy (non-hydrogen) atoms. The van der Waals surface area contributed by atoms with Crippen molar-refractivity contribution in [2.45, 2.75) is 19.8 Å². The minimum atomic E-state index is -2.88. The molecule has 0 fully saturated rings. The van der Waals surface area contributed by atoms with Crippen LogP contribution in [0.15, 0.2) is 12.1 Å². The van der Waals surface area contributed by atoms with Crippen LogP contribution >= 0.6 is 0 Å². The quantitative estimate of drug-likeness (QED) is 0.715. The first-order chi connectivity index (χ1) is 6.91. The maximum Gasteiger partial charge on any atom is 0.263 e. The average Bonchev–Trinajstić information content (AvgIpc) is 2.11. The molecule has 0 bridgehead atoms. The van der Waals surface area contributed by atoms with Crippen LogP contribution in [0.5, 0.6) is 0 Å². The lowest BCUT2D eigenvalue weighted by atomic mass is 10.1. The Morgan fingerprint density at radius 2 is 1.93 bits per heavy atom. The van der Waals surface area contributed by atoms with Crippen LogP contribution in [0.4, 0.5) is 17.6 Å². The number of Topliss-reactive ketones (excluding diaryl/α,β-unsaturated/α-hetero) is 1. The van der Waals surface area contributed by atoms with E-state index < -0.39 is 29.4 Å². The van der Waals surface area contributed by atoms with Gasteiger partial charge in [-0.15, -0.1) is 0 Å². The molecule has 0 aliphatic heterocycles. The smallest absolute Gasteiger partial charge is 0.263 e. The molecule has 1 rings (SSSR count). The Morgan fingerprint density at radius 1 is 1.33 bits per heavy atom. The van der Waals surface area contributed by atoms with E-state index in [4.69, 9.17) is 0 Å². The van der Waals surface area contributed by atoms with Crippen LogP contribution in [-0.4, -0.2) is 5.78 Å². The molecule has 1 aromatic rings. The molecule has 1 nitrogen and oxygen atoms in total. The molecule has 0 atom stereocenters. The predicted octanol–water partition coefficient (Wildman–Crippen LogP) is 3.03. The summed E-state index contributed by atoms with van der Waals surface area (Å²) < 4.78 is 50.3. The van der Waals surface area contributed by atoms with E-state index in [1.807, 2.05) is 0 Å². The van der Waals surface area contributed by atoms with Crippen LogP contribution in [0, 0.1) is 11.6 Å². The summed E-state index contributed by atoms with van der Waals surface area (Å²) >= 11 is 0. The summed E-state index contributed by atoms with van der Waals surface area (Å²) in [5, 5.41) is 0. The van der Waals surface area contributed by atoms with Gasteiger partial charge in [0.1, 0.15) is 5.78 Å². The lowest BCUT2D eigenvalue weighted by molar-refractivity contribution is -0.116. The van der Waals surface area contributed by atoms with E-state index in [2.05, 4.69) is 0 Å². The lowest BCUT2D eigenvalue weighted by Crippen LogP contribution is -2.03. The minimum Gasteiger partial charge on any atom is -0.300 e. The van der Waals surface area contributed by atoms with Crippen LogP contribution in [-0.2, 0) is 11.2 Å². The van der Waals surface area contributed by atoms with Crippen molar-refractivity contribution < 1.29 is 22.4 Å². The van der Waals surface area contributed by atoms with Crippen LogP contribution in [0.2, 0.25) is 0 Å². The van der Waals surface area contributed by atoms with E-state index in [9.17, 15) is 22.4 Å². The number of rotatable bonds is 3. The predicted molar refractivity (Wildman–Crippen MR) is 45.7 cm³/mol. The average molecular weight is 220 g/mol. The summed E-state index contributed by atoms with van der Waals surface area (Å²) in [4.78, 5) is 10.7. The third kappa shape index (κ3) is 2.78. The van der Waals surface area contributed by atoms with Crippen molar-refractivity contribution in [2.24, 2.45) is 0 Å². The normalized spacial score (nSPS) is 10.8. The van der Waals surface area contributed by atoms with Gasteiger partial charge in [0.25, 0.3) is 6.43 Å². The maximum atomic E-state index is 13.0. The summed E-state index contributed by atoms with van der Waals surface area (Å²) in [5.74, 6) is -3.02. The fourth-order valence-corrected chi connectivity index (χ4v) is 1.19. The van der Waals surface area contributed by atoms with Crippen molar-refractivity contribution in [3.8, 4) is 0 Å². The largest absolute Gasteiger partial charge is 0.300 e. The number of hydrogen-bond acceptors (Lipinski definition) is 1. The molecule has 0 amide bonds. The van der Waals surface area contributed by atoms with Crippen LogP contribution < -0.4 is 0 Å². The summed E-state index contributed by atoms with van der Waals surface area (Å²) in [5.41, 5.74) is -0.956. The van der Waals surface area contributed by atoms with Gasteiger partial charge >= 0.3 is 0 Å². The van der Waals surface area contributed by atoms with Gasteiger partial charge in [-0.3, -0.25) is 4.79 Å². The fraction of sp³-hybridized carbons (Fsp3) is 0.300. The Kier molecular flexibility index (Phi) is 3.44. The molecule has 0 aromatic heterocycles. The number of ketones is 1. The van der Waals surface area contributed by atoms with E-state index >= 15 is 0 Å². The van der Waals surface area contributed by atoms with Crippen molar-refractivity contribution >= 4 is 5.78 Å². The molecule has 0 radical (unpaired) electrons. The van der Waals surface area contributed by atoms with E-state index in [1.54, 1.807) is 0 Å². The molecule has 0 unspecified atom stereocenters. The second-order valence-electron chi connectivity index (χ2n) is 3.16. The van der Waals surface area contributed by atoms with Crippen LogP contribution in [0.1, 0.15) is 24.5 Å². The van der Waals surface area contributed by atoms with Gasteiger partial charge in [0.15, 0.2) is 11.6 Å². The Morgan fingerprint density at radius 3 is 2.40 bits per heavy atom. The highest BCUT2D eigenvalue weighted by atomic mass is 19.3. The third-order valence-corrected chi connectivity index (χ3v) is 1.82. The summed E-state index contributed by atoms with van der Waals surface area (Å²) in [7, 11) is 0. The SMILES string of the molecule is CC(=O)Cc1cc(C(F)F)cc(F)c1F. The van der Waals surface area contributed by atoms with Gasteiger partial charge in [0.05, 0.1) is 0 Å². The minimum absolute atomic E-state index is 0.335. The molecule has 0 saturated carbocycles. The van der Waals surface area contributed by atoms with Gasteiger partial charge in [-0.05, 0) is 24.6 Å². The van der Waals surface area contributed by atoms with Gasteiger partial charge < -0.3 is 0 Å². The van der Waals surface area contributed by atoms with Crippen molar-refractivity contribution in [1.82, 2.24) is 0 Å². The van der Waals surface area contributed by atoms with Gasteiger partial charge in [0, 0.05) is 12.0 Å². The third-order valence-electron chi connectivity index (χ3n) is 1.82. The topological polar surface area (TPSA) is 17.1 Å². The lowest BCUT2D eigenvalue weighted by Gasteiger charge is -2.05. The number of halogens is 4. The number of alkyl halides is 2. The van der Waals surface area contributed by atoms with Crippen LogP contribution in [0.3, 0.4) is 0 Å². The summed E-state index contributed by atoms with van der Waals surface area (Å²) in [6.07, 6.45) is -3.27. The molecule has 0 N–H and O–H groups in total. The van der Waals surface area contributed by atoms with E-state index in [1.165, 1.54) is 6.92 Å². The Labute approximate surface area is 83.7 Å². The fourth-order valence-electron chi connectivity index (χ4n) is 1.19. The monoisotopic (exact) mass is 220 g/mol. The zero-order chi connectivity index (χ0) is 11.6. The van der Waals surface area contributed by atoms with Crippen molar-refractivity contribution in [3.63, 3.8) is 0 Å². The van der Waals surface area contributed by atoms with Gasteiger partial charge in [-0.1, -0.05) is 0 Å². The molecular formula is C10H8F4O. The second kappa shape index (κ2) is 4.42. The molecule has 0 heterocycles. The molecule has 0 aliphatic rings. The highest BCUT2D eigenvalue weighted by molar-refractivity contribution is 5.78. The van der Waals surface area contributed by atoms with Gasteiger partial charge in [-0.25, -0.2) is 17.6 Å². The first kappa shape index (κ1) is 11.7. The zero-order valence-electron chi connectivity index (χ0n) is 7.86. The van der Waals surface area contributed by atoms with E-state index in [0.717, 1.165) is 6.07 Å². The molecule has 1 aromatic carbocycles. The van der Waals surface area contributed by atoms with Crippen molar-refractivity contribution in [2.75, 3.05) is 0 Å². The number of benzene rings is 1. The number of hydrogen-bond donors (Lipinski definition) is 0. The highest BCUT2D eigenvalue weighted by Crippen LogP contribution is 2.23. The maximum absolute atomic E-state index is 13.0. The second-order valence-corrected chi connectivity index (χ2v) is 3.16. The number of carbonyl (C=O) groups is 1. The summed E-state index contributed by atoms with van der Waals surface area (Å²) in [6.45, 7) is 1.17. The molecule has 0 aliphatic carbocycles. The number of carbonyl (C=O) groups excluding carboxylic acids is 1. The van der Waals surface area contributed by atoms with E-state index in [0.29, 0.717) is 6.07 Å². The summed E-state index contributed by atoms with van der Waals surface area (Å²) in [6, 6.07) is 1.24. The van der Waals surface area contributed by atoms with Crippen molar-refractivity contribution in [1.29, 1.82) is 0 Å². The first-order valence-electron chi connectivity index (χ1n) is 4.17. The Balaban J connectivity index is 3.18. The highest BCUT2D eigenvalue weighted by Gasteiger charge is 2.16. The molecular weight excluding hydrogens is 212 g/mol. The van der Waals surface area contributed by atoms with E-state index in [-0.39, 0.29) is 12.0 Å². The first-order valence-corrected chi connectivity index (χ1v) is 4.17. The molecule has 0 spiro atoms. The molecule has 82 valence electrons.